The van der Waals surface area contributed by atoms with E-state index in [4.69, 9.17) is 0 Å². The fourth-order valence-electron chi connectivity index (χ4n) is 1.02. The highest BCUT2D eigenvalue weighted by molar-refractivity contribution is 8.13. The molecule has 0 bridgehead atoms. The van der Waals surface area contributed by atoms with Crippen LogP contribution in [0.2, 0.25) is 0 Å². The van der Waals surface area contributed by atoms with Crippen molar-refractivity contribution in [2.45, 2.75) is 44.7 Å². The molecule has 16 heavy (non-hydrogen) atoms. The summed E-state index contributed by atoms with van der Waals surface area (Å²) < 4.78 is 61.7. The van der Waals surface area contributed by atoms with Gasteiger partial charge in [0.2, 0.25) is 6.43 Å². The monoisotopic (exact) mass is 264 g/mol. The highest BCUT2D eigenvalue weighted by Crippen LogP contribution is 2.31. The van der Waals surface area contributed by atoms with Crippen LogP contribution in [0.5, 0.6) is 0 Å². The molecule has 0 rings (SSSR count). The zero-order valence-electron chi connectivity index (χ0n) is 8.69. The summed E-state index contributed by atoms with van der Waals surface area (Å²) in [5.41, 5.74) is 0. The molecule has 1 unspecified atom stereocenters. The van der Waals surface area contributed by atoms with Crippen LogP contribution in [0, 0.1) is 0 Å². The molecule has 0 heterocycles. The van der Waals surface area contributed by atoms with Crippen molar-refractivity contribution < 1.29 is 26.7 Å². The number of rotatable bonds is 7. The van der Waals surface area contributed by atoms with Crippen molar-refractivity contribution in [3.8, 4) is 0 Å². The molecular formula is C9H13F5OS. The van der Waals surface area contributed by atoms with Crippen LogP contribution in [0.25, 0.3) is 0 Å². The molecule has 0 aliphatic rings. The van der Waals surface area contributed by atoms with Gasteiger partial charge in [0.05, 0.1) is 6.42 Å². The Bertz CT molecular complexity index is 222. The number of halogens is 5. The van der Waals surface area contributed by atoms with Crippen molar-refractivity contribution in [1.29, 1.82) is 0 Å². The molecule has 0 aromatic rings. The van der Waals surface area contributed by atoms with Gasteiger partial charge in [-0.2, -0.15) is 0 Å². The lowest BCUT2D eigenvalue weighted by Crippen LogP contribution is -2.32. The molecule has 0 saturated heterocycles. The van der Waals surface area contributed by atoms with E-state index in [0.29, 0.717) is 0 Å². The number of carbonyl (C=O) groups excluding carboxylic acids is 1. The number of hydrogen-bond acceptors (Lipinski definition) is 2. The van der Waals surface area contributed by atoms with Crippen LogP contribution < -0.4 is 0 Å². The normalized spacial score (nSPS) is 14.2. The maximum atomic E-state index is 12.9. The third-order valence-corrected chi connectivity index (χ3v) is 2.69. The number of thioether (sulfide) groups is 1. The average molecular weight is 264 g/mol. The van der Waals surface area contributed by atoms with Gasteiger partial charge in [0, 0.05) is 12.7 Å². The highest BCUT2D eigenvalue weighted by Gasteiger charge is 2.42. The summed E-state index contributed by atoms with van der Waals surface area (Å²) in [4.78, 5) is 10.5. The summed E-state index contributed by atoms with van der Waals surface area (Å²) in [6.07, 6.45) is -8.01. The van der Waals surface area contributed by atoms with E-state index in [1.165, 1.54) is 6.92 Å². The van der Waals surface area contributed by atoms with Gasteiger partial charge in [-0.1, -0.05) is 11.8 Å². The Hall–Kier alpha value is -0.330. The lowest BCUT2D eigenvalue weighted by atomic mass is 10.1. The summed E-state index contributed by atoms with van der Waals surface area (Å²) in [6.45, 7) is 1.31. The van der Waals surface area contributed by atoms with Gasteiger partial charge in [0.25, 0.3) is 5.92 Å². The van der Waals surface area contributed by atoms with Crippen molar-refractivity contribution in [2.75, 3.05) is 5.75 Å². The fourth-order valence-corrected chi connectivity index (χ4v) is 1.62. The predicted molar refractivity (Wildman–Crippen MR) is 52.8 cm³/mol. The van der Waals surface area contributed by atoms with Crippen LogP contribution >= 0.6 is 11.8 Å². The van der Waals surface area contributed by atoms with Gasteiger partial charge < -0.3 is 0 Å². The van der Waals surface area contributed by atoms with Crippen LogP contribution in [0.1, 0.15) is 26.2 Å². The SMILES string of the molecule is CC(=O)SCCCC(F)C(F)(F)CC(F)F. The molecule has 0 amide bonds. The fraction of sp³-hybridized carbons (Fsp3) is 0.889. The van der Waals surface area contributed by atoms with E-state index in [1.807, 2.05) is 0 Å². The van der Waals surface area contributed by atoms with Crippen LogP contribution in [-0.2, 0) is 4.79 Å². The molecule has 0 N–H and O–H groups in total. The zero-order chi connectivity index (χ0) is 12.8. The Morgan fingerprint density at radius 3 is 2.31 bits per heavy atom. The molecule has 96 valence electrons. The van der Waals surface area contributed by atoms with Gasteiger partial charge >= 0.3 is 0 Å². The Kier molecular flexibility index (Phi) is 6.94. The smallest absolute Gasteiger partial charge is 0.284 e. The van der Waals surface area contributed by atoms with E-state index in [9.17, 15) is 26.7 Å². The van der Waals surface area contributed by atoms with Crippen LogP contribution in [0.3, 0.4) is 0 Å². The first kappa shape index (κ1) is 15.7. The maximum Gasteiger partial charge on any atom is 0.284 e. The third-order valence-electron chi connectivity index (χ3n) is 1.79. The zero-order valence-corrected chi connectivity index (χ0v) is 9.51. The molecule has 7 heteroatoms. The largest absolute Gasteiger partial charge is 0.288 e. The molecule has 0 fully saturated rings. The lowest BCUT2D eigenvalue weighted by molar-refractivity contribution is -0.110. The predicted octanol–water partition coefficient (Wildman–Crippen LogP) is 3.67. The molecule has 1 atom stereocenters. The Balaban J connectivity index is 3.85. The molecule has 0 spiro atoms. The van der Waals surface area contributed by atoms with Crippen molar-refractivity contribution in [3.05, 3.63) is 0 Å². The minimum absolute atomic E-state index is 0.0598. The van der Waals surface area contributed by atoms with Gasteiger partial charge in [-0.05, 0) is 12.8 Å². The van der Waals surface area contributed by atoms with Crippen molar-refractivity contribution in [2.24, 2.45) is 0 Å². The van der Waals surface area contributed by atoms with Crippen LogP contribution in [0.4, 0.5) is 22.0 Å². The minimum Gasteiger partial charge on any atom is -0.288 e. The molecular weight excluding hydrogens is 251 g/mol. The van der Waals surface area contributed by atoms with Crippen molar-refractivity contribution >= 4 is 16.9 Å². The third kappa shape index (κ3) is 7.03. The van der Waals surface area contributed by atoms with E-state index in [0.717, 1.165) is 11.8 Å². The topological polar surface area (TPSA) is 17.1 Å². The van der Waals surface area contributed by atoms with Gasteiger partial charge in [-0.15, -0.1) is 0 Å². The molecule has 0 radical (unpaired) electrons. The summed E-state index contributed by atoms with van der Waals surface area (Å²) in [7, 11) is 0. The van der Waals surface area contributed by atoms with Gasteiger partial charge in [0.1, 0.15) is 0 Å². The number of alkyl halides is 5. The summed E-state index contributed by atoms with van der Waals surface area (Å²) in [5.74, 6) is -3.77. The standard InChI is InChI=1S/C9H13F5OS/c1-6(15)16-4-2-3-7(10)9(13,14)5-8(11)12/h7-8H,2-5H2,1H3. The Labute approximate surface area is 94.8 Å². The first-order valence-electron chi connectivity index (χ1n) is 4.69. The van der Waals surface area contributed by atoms with Crippen LogP contribution in [0.15, 0.2) is 0 Å². The second kappa shape index (κ2) is 7.09. The molecule has 1 nitrogen and oxygen atoms in total. The quantitative estimate of drug-likeness (QED) is 0.515. The summed E-state index contributed by atoms with van der Waals surface area (Å²) >= 11 is 0.899. The Morgan fingerprint density at radius 1 is 1.31 bits per heavy atom. The lowest BCUT2D eigenvalue weighted by Gasteiger charge is -2.19. The highest BCUT2D eigenvalue weighted by atomic mass is 32.2. The van der Waals surface area contributed by atoms with Crippen molar-refractivity contribution in [3.63, 3.8) is 0 Å². The van der Waals surface area contributed by atoms with Crippen LogP contribution in [-0.4, -0.2) is 29.4 Å². The van der Waals surface area contributed by atoms with Crippen molar-refractivity contribution in [1.82, 2.24) is 0 Å². The van der Waals surface area contributed by atoms with Gasteiger partial charge in [0.15, 0.2) is 11.3 Å². The van der Waals surface area contributed by atoms with E-state index in [1.54, 1.807) is 0 Å². The Morgan fingerprint density at radius 2 is 1.88 bits per heavy atom. The summed E-state index contributed by atoms with van der Waals surface area (Å²) in [5, 5.41) is -0.185. The molecule has 0 saturated carbocycles. The van der Waals surface area contributed by atoms with E-state index in [2.05, 4.69) is 0 Å². The minimum atomic E-state index is -3.99. The second-order valence-electron chi connectivity index (χ2n) is 3.31. The van der Waals surface area contributed by atoms with E-state index < -0.39 is 31.4 Å². The number of hydrogen-bond donors (Lipinski definition) is 0. The molecule has 0 aliphatic heterocycles. The molecule has 0 aromatic carbocycles. The van der Waals surface area contributed by atoms with Gasteiger partial charge in [-0.3, -0.25) is 4.79 Å². The second-order valence-corrected chi connectivity index (χ2v) is 4.58. The first-order chi connectivity index (χ1) is 7.25. The average Bonchev–Trinajstić information content (AvgIpc) is 2.09. The van der Waals surface area contributed by atoms with Gasteiger partial charge in [-0.25, -0.2) is 22.0 Å². The van der Waals surface area contributed by atoms with E-state index >= 15 is 0 Å². The molecule has 0 aliphatic carbocycles. The first-order valence-corrected chi connectivity index (χ1v) is 5.67. The van der Waals surface area contributed by atoms with E-state index in [-0.39, 0.29) is 17.3 Å². The molecule has 0 aromatic heterocycles. The number of carbonyl (C=O) groups is 1. The summed E-state index contributed by atoms with van der Waals surface area (Å²) in [6, 6.07) is 0. The maximum absolute atomic E-state index is 12.9.